The number of nitrogen functional groups attached to an aromatic ring is 1. The van der Waals surface area contributed by atoms with Crippen LogP contribution in [0.1, 0.15) is 5.56 Å². The standard InChI is InChI=1S/C13H16N4O2S/c1-17(10-11-6-8-15-9-7-11)20(18,19)13-4-2-12(16-14)3-5-13/h2-9,16H,10,14H2,1H3. The molecule has 0 atom stereocenters. The van der Waals surface area contributed by atoms with E-state index in [1.165, 1.54) is 16.4 Å². The van der Waals surface area contributed by atoms with E-state index < -0.39 is 10.0 Å². The highest BCUT2D eigenvalue weighted by molar-refractivity contribution is 7.89. The second-order valence-electron chi connectivity index (χ2n) is 4.29. The van der Waals surface area contributed by atoms with Crippen molar-refractivity contribution in [1.29, 1.82) is 0 Å². The number of hydrazine groups is 1. The quantitative estimate of drug-likeness (QED) is 0.638. The molecule has 6 nitrogen and oxygen atoms in total. The van der Waals surface area contributed by atoms with Crippen molar-refractivity contribution in [3.63, 3.8) is 0 Å². The summed E-state index contributed by atoms with van der Waals surface area (Å²) in [6.45, 7) is 0.293. The van der Waals surface area contributed by atoms with Crippen LogP contribution in [0.3, 0.4) is 0 Å². The van der Waals surface area contributed by atoms with Crippen molar-refractivity contribution in [2.45, 2.75) is 11.4 Å². The highest BCUT2D eigenvalue weighted by Crippen LogP contribution is 2.18. The van der Waals surface area contributed by atoms with Gasteiger partial charge in [0, 0.05) is 31.7 Å². The predicted molar refractivity (Wildman–Crippen MR) is 77.1 cm³/mol. The Balaban J connectivity index is 2.20. The molecule has 0 aliphatic heterocycles. The smallest absolute Gasteiger partial charge is 0.243 e. The molecule has 7 heteroatoms. The van der Waals surface area contributed by atoms with Crippen molar-refractivity contribution in [2.75, 3.05) is 12.5 Å². The summed E-state index contributed by atoms with van der Waals surface area (Å²) in [5.41, 5.74) is 3.99. The van der Waals surface area contributed by atoms with Crippen LogP contribution in [0.4, 0.5) is 5.69 Å². The van der Waals surface area contributed by atoms with E-state index in [-0.39, 0.29) is 4.90 Å². The minimum Gasteiger partial charge on any atom is -0.324 e. The number of hydrogen-bond acceptors (Lipinski definition) is 5. The Morgan fingerprint density at radius 3 is 2.30 bits per heavy atom. The summed E-state index contributed by atoms with van der Waals surface area (Å²) in [5.74, 6) is 5.26. The third-order valence-corrected chi connectivity index (χ3v) is 4.70. The largest absolute Gasteiger partial charge is 0.324 e. The first-order valence-electron chi connectivity index (χ1n) is 5.96. The molecule has 0 saturated carbocycles. The molecule has 106 valence electrons. The van der Waals surface area contributed by atoms with Crippen LogP contribution in [-0.4, -0.2) is 24.8 Å². The molecule has 1 heterocycles. The zero-order valence-corrected chi connectivity index (χ0v) is 11.8. The molecule has 0 amide bonds. The van der Waals surface area contributed by atoms with E-state index in [1.54, 1.807) is 43.7 Å². The fourth-order valence-corrected chi connectivity index (χ4v) is 2.89. The minimum absolute atomic E-state index is 0.230. The molecule has 0 saturated heterocycles. The van der Waals surface area contributed by atoms with E-state index in [9.17, 15) is 8.42 Å². The Kier molecular flexibility index (Phi) is 4.33. The molecular weight excluding hydrogens is 276 g/mol. The summed E-state index contributed by atoms with van der Waals surface area (Å²) >= 11 is 0. The van der Waals surface area contributed by atoms with Gasteiger partial charge in [-0.25, -0.2) is 8.42 Å². The van der Waals surface area contributed by atoms with Crippen LogP contribution in [0.2, 0.25) is 0 Å². The topological polar surface area (TPSA) is 88.3 Å². The van der Waals surface area contributed by atoms with Gasteiger partial charge in [0.2, 0.25) is 10.0 Å². The van der Waals surface area contributed by atoms with Crippen molar-refractivity contribution < 1.29 is 8.42 Å². The van der Waals surface area contributed by atoms with Gasteiger partial charge in [-0.2, -0.15) is 4.31 Å². The van der Waals surface area contributed by atoms with Crippen molar-refractivity contribution in [2.24, 2.45) is 5.84 Å². The highest BCUT2D eigenvalue weighted by Gasteiger charge is 2.20. The number of pyridine rings is 1. The Bertz CT molecular complexity index is 657. The highest BCUT2D eigenvalue weighted by atomic mass is 32.2. The van der Waals surface area contributed by atoms with Crippen molar-refractivity contribution in [3.05, 3.63) is 54.4 Å². The average molecular weight is 292 g/mol. The summed E-state index contributed by atoms with van der Waals surface area (Å²) in [7, 11) is -1.97. The first kappa shape index (κ1) is 14.4. The number of benzene rings is 1. The van der Waals surface area contributed by atoms with Crippen molar-refractivity contribution in [1.82, 2.24) is 9.29 Å². The first-order valence-corrected chi connectivity index (χ1v) is 7.40. The normalized spacial score (nSPS) is 11.6. The maximum atomic E-state index is 12.4. The molecule has 2 aromatic rings. The number of nitrogens with one attached hydrogen (secondary N) is 1. The molecule has 0 radical (unpaired) electrons. The molecule has 0 aliphatic rings. The summed E-state index contributed by atoms with van der Waals surface area (Å²) in [5, 5.41) is 0. The maximum Gasteiger partial charge on any atom is 0.243 e. The van der Waals surface area contributed by atoms with Gasteiger partial charge in [0.25, 0.3) is 0 Å². The number of nitrogens with zero attached hydrogens (tertiary/aromatic N) is 2. The van der Waals surface area contributed by atoms with Crippen LogP contribution < -0.4 is 11.3 Å². The Morgan fingerprint density at radius 2 is 1.75 bits per heavy atom. The lowest BCUT2D eigenvalue weighted by atomic mass is 10.3. The van der Waals surface area contributed by atoms with Crippen LogP contribution in [0.15, 0.2) is 53.7 Å². The van der Waals surface area contributed by atoms with Crippen LogP contribution in [0.25, 0.3) is 0 Å². The SMILES string of the molecule is CN(Cc1ccncc1)S(=O)(=O)c1ccc(NN)cc1. The summed E-state index contributed by atoms with van der Waals surface area (Å²) in [6.07, 6.45) is 3.27. The third kappa shape index (κ3) is 3.13. The van der Waals surface area contributed by atoms with Gasteiger partial charge >= 0.3 is 0 Å². The number of aromatic nitrogens is 1. The second kappa shape index (κ2) is 6.00. The predicted octanol–water partition coefficient (Wildman–Crippen LogP) is 1.19. The summed E-state index contributed by atoms with van der Waals surface area (Å²) in [6, 6.07) is 9.85. The zero-order chi connectivity index (χ0) is 14.6. The van der Waals surface area contributed by atoms with Crippen LogP contribution in [0, 0.1) is 0 Å². The van der Waals surface area contributed by atoms with E-state index in [2.05, 4.69) is 10.4 Å². The molecular formula is C13H16N4O2S. The van der Waals surface area contributed by atoms with Crippen LogP contribution in [0.5, 0.6) is 0 Å². The van der Waals surface area contributed by atoms with Gasteiger partial charge in [-0.1, -0.05) is 0 Å². The fourth-order valence-electron chi connectivity index (χ4n) is 1.73. The number of nitrogens with two attached hydrogens (primary N) is 1. The average Bonchev–Trinajstić information content (AvgIpc) is 2.48. The maximum absolute atomic E-state index is 12.4. The van der Waals surface area contributed by atoms with Crippen LogP contribution >= 0.6 is 0 Å². The summed E-state index contributed by atoms with van der Waals surface area (Å²) < 4.78 is 26.1. The van der Waals surface area contributed by atoms with Gasteiger partial charge in [-0.05, 0) is 42.0 Å². The lowest BCUT2D eigenvalue weighted by molar-refractivity contribution is 0.466. The Hall–Kier alpha value is -1.96. The van der Waals surface area contributed by atoms with Gasteiger partial charge < -0.3 is 5.43 Å². The van der Waals surface area contributed by atoms with Gasteiger partial charge in [-0.3, -0.25) is 10.8 Å². The van der Waals surface area contributed by atoms with Crippen LogP contribution in [-0.2, 0) is 16.6 Å². The van der Waals surface area contributed by atoms with E-state index >= 15 is 0 Å². The van der Waals surface area contributed by atoms with Crippen molar-refractivity contribution >= 4 is 15.7 Å². The van der Waals surface area contributed by atoms with E-state index in [4.69, 9.17) is 5.84 Å². The molecule has 0 aliphatic carbocycles. The number of sulfonamides is 1. The molecule has 2 rings (SSSR count). The number of rotatable bonds is 5. The van der Waals surface area contributed by atoms with E-state index in [0.29, 0.717) is 12.2 Å². The number of hydrogen-bond donors (Lipinski definition) is 2. The van der Waals surface area contributed by atoms with Crippen molar-refractivity contribution in [3.8, 4) is 0 Å². The Morgan fingerprint density at radius 1 is 1.15 bits per heavy atom. The van der Waals surface area contributed by atoms with Gasteiger partial charge in [0.05, 0.1) is 4.90 Å². The van der Waals surface area contributed by atoms with Gasteiger partial charge in [0.15, 0.2) is 0 Å². The van der Waals surface area contributed by atoms with Gasteiger partial charge in [0.1, 0.15) is 0 Å². The lowest BCUT2D eigenvalue weighted by Gasteiger charge is -2.17. The van der Waals surface area contributed by atoms with E-state index in [0.717, 1.165) is 5.56 Å². The molecule has 1 aromatic heterocycles. The molecule has 0 bridgehead atoms. The van der Waals surface area contributed by atoms with Gasteiger partial charge in [-0.15, -0.1) is 0 Å². The Labute approximate surface area is 118 Å². The molecule has 20 heavy (non-hydrogen) atoms. The molecule has 1 aromatic carbocycles. The van der Waals surface area contributed by atoms with E-state index in [1.807, 2.05) is 0 Å². The lowest BCUT2D eigenvalue weighted by Crippen LogP contribution is -2.26. The molecule has 3 N–H and O–H groups in total. The number of anilines is 1. The molecule has 0 fully saturated rings. The monoisotopic (exact) mass is 292 g/mol. The fraction of sp³-hybridized carbons (Fsp3) is 0.154. The summed E-state index contributed by atoms with van der Waals surface area (Å²) in [4.78, 5) is 4.14. The molecule has 0 spiro atoms. The minimum atomic E-state index is -3.52. The molecule has 0 unspecified atom stereocenters. The first-order chi connectivity index (χ1) is 9.54. The second-order valence-corrected chi connectivity index (χ2v) is 6.33. The third-order valence-electron chi connectivity index (χ3n) is 2.88. The zero-order valence-electron chi connectivity index (χ0n) is 11.0.